The molecule has 3 rings (SSSR count). The van der Waals surface area contributed by atoms with Gasteiger partial charge in [0.05, 0.1) is 6.10 Å². The van der Waals surface area contributed by atoms with Gasteiger partial charge in [0.1, 0.15) is 0 Å². The molecule has 1 heterocycles. The van der Waals surface area contributed by atoms with Crippen molar-refractivity contribution in [2.45, 2.75) is 63.3 Å². The van der Waals surface area contributed by atoms with Crippen molar-refractivity contribution in [3.63, 3.8) is 0 Å². The Bertz CT molecular complexity index is 286. The van der Waals surface area contributed by atoms with Gasteiger partial charge in [0.15, 0.2) is 0 Å². The fourth-order valence-electron chi connectivity index (χ4n) is 3.57. The fourth-order valence-corrected chi connectivity index (χ4v) is 3.57. The summed E-state index contributed by atoms with van der Waals surface area (Å²) in [5.41, 5.74) is 0.380. The lowest BCUT2D eigenvalue weighted by Crippen LogP contribution is -2.67. The lowest BCUT2D eigenvalue weighted by molar-refractivity contribution is -0.0602. The van der Waals surface area contributed by atoms with E-state index in [1.54, 1.807) is 0 Å². The van der Waals surface area contributed by atoms with Gasteiger partial charge < -0.3 is 10.1 Å². The maximum atomic E-state index is 5.41. The highest BCUT2D eigenvalue weighted by Gasteiger charge is 2.48. The number of piperazine rings is 1. The fraction of sp³-hybridized carbons (Fsp3) is 1.00. The molecule has 0 bridgehead atoms. The summed E-state index contributed by atoms with van der Waals surface area (Å²) >= 11 is 0. The zero-order chi connectivity index (χ0) is 12.0. The van der Waals surface area contributed by atoms with Crippen molar-refractivity contribution in [3.05, 3.63) is 0 Å². The molecule has 0 amide bonds. The van der Waals surface area contributed by atoms with Crippen LogP contribution in [-0.4, -0.2) is 48.8 Å². The van der Waals surface area contributed by atoms with Crippen LogP contribution in [0.4, 0.5) is 0 Å². The summed E-state index contributed by atoms with van der Waals surface area (Å²) in [4.78, 5) is 2.74. The molecule has 0 spiro atoms. The van der Waals surface area contributed by atoms with Crippen LogP contribution in [0.2, 0.25) is 0 Å². The second-order valence-electron chi connectivity index (χ2n) is 6.58. The van der Waals surface area contributed by atoms with E-state index in [0.29, 0.717) is 17.7 Å². The Morgan fingerprint density at radius 2 is 2.00 bits per heavy atom. The summed E-state index contributed by atoms with van der Waals surface area (Å²) in [5.74, 6) is 0.927. The summed E-state index contributed by atoms with van der Waals surface area (Å²) < 4.78 is 5.41. The molecule has 1 saturated heterocycles. The van der Waals surface area contributed by atoms with Gasteiger partial charge in [-0.2, -0.15) is 0 Å². The first-order chi connectivity index (χ1) is 8.12. The lowest BCUT2D eigenvalue weighted by atomic mass is 9.83. The van der Waals surface area contributed by atoms with E-state index in [2.05, 4.69) is 24.1 Å². The van der Waals surface area contributed by atoms with Crippen LogP contribution >= 0.6 is 0 Å². The SMILES string of the molecule is COC1CC(N2CC(C)(C3CC3)NCC2C)C1. The molecule has 98 valence electrons. The highest BCUT2D eigenvalue weighted by atomic mass is 16.5. The number of nitrogens with zero attached hydrogens (tertiary/aromatic N) is 1. The molecule has 0 aromatic heterocycles. The van der Waals surface area contributed by atoms with Crippen molar-refractivity contribution in [1.29, 1.82) is 0 Å². The van der Waals surface area contributed by atoms with Crippen molar-refractivity contribution in [2.24, 2.45) is 5.92 Å². The quantitative estimate of drug-likeness (QED) is 0.809. The zero-order valence-corrected chi connectivity index (χ0v) is 11.4. The molecule has 1 N–H and O–H groups in total. The molecule has 0 aromatic rings. The Balaban J connectivity index is 1.62. The van der Waals surface area contributed by atoms with E-state index in [0.717, 1.165) is 18.5 Å². The van der Waals surface area contributed by atoms with Gasteiger partial charge >= 0.3 is 0 Å². The molecule has 2 saturated carbocycles. The third-order valence-corrected chi connectivity index (χ3v) is 5.23. The van der Waals surface area contributed by atoms with Gasteiger partial charge in [-0.05, 0) is 45.4 Å². The minimum absolute atomic E-state index is 0.380. The van der Waals surface area contributed by atoms with Gasteiger partial charge in [0, 0.05) is 37.8 Å². The van der Waals surface area contributed by atoms with Crippen LogP contribution in [-0.2, 0) is 4.74 Å². The maximum Gasteiger partial charge on any atom is 0.0601 e. The van der Waals surface area contributed by atoms with Crippen molar-refractivity contribution in [1.82, 2.24) is 10.2 Å². The molecule has 3 aliphatic rings. The Morgan fingerprint density at radius 1 is 1.29 bits per heavy atom. The van der Waals surface area contributed by atoms with Gasteiger partial charge in [-0.1, -0.05) is 0 Å². The smallest absolute Gasteiger partial charge is 0.0601 e. The average molecular weight is 238 g/mol. The minimum atomic E-state index is 0.380. The van der Waals surface area contributed by atoms with Crippen LogP contribution in [0.1, 0.15) is 39.5 Å². The van der Waals surface area contributed by atoms with Crippen molar-refractivity contribution < 1.29 is 4.74 Å². The largest absolute Gasteiger partial charge is 0.381 e. The predicted molar refractivity (Wildman–Crippen MR) is 69.1 cm³/mol. The van der Waals surface area contributed by atoms with E-state index in [1.165, 1.54) is 32.2 Å². The summed E-state index contributed by atoms with van der Waals surface area (Å²) in [6.07, 6.45) is 5.85. The van der Waals surface area contributed by atoms with Gasteiger partial charge in [-0.25, -0.2) is 0 Å². The highest BCUT2D eigenvalue weighted by molar-refractivity contribution is 5.06. The van der Waals surface area contributed by atoms with Crippen molar-refractivity contribution >= 4 is 0 Å². The summed E-state index contributed by atoms with van der Waals surface area (Å²) in [6.45, 7) is 7.18. The van der Waals surface area contributed by atoms with Gasteiger partial charge in [-0.15, -0.1) is 0 Å². The third-order valence-electron chi connectivity index (χ3n) is 5.23. The van der Waals surface area contributed by atoms with E-state index in [-0.39, 0.29) is 0 Å². The molecule has 2 unspecified atom stereocenters. The zero-order valence-electron chi connectivity index (χ0n) is 11.4. The van der Waals surface area contributed by atoms with Crippen molar-refractivity contribution in [3.8, 4) is 0 Å². The van der Waals surface area contributed by atoms with Gasteiger partial charge in [-0.3, -0.25) is 4.90 Å². The summed E-state index contributed by atoms with van der Waals surface area (Å²) in [6, 6.07) is 1.46. The molecule has 0 radical (unpaired) electrons. The monoisotopic (exact) mass is 238 g/mol. The predicted octanol–water partition coefficient (Wildman–Crippen LogP) is 1.63. The van der Waals surface area contributed by atoms with Crippen molar-refractivity contribution in [2.75, 3.05) is 20.2 Å². The first kappa shape index (κ1) is 11.9. The normalized spacial score (nSPS) is 47.8. The first-order valence-electron chi connectivity index (χ1n) is 7.16. The second kappa shape index (κ2) is 4.22. The molecule has 3 nitrogen and oxygen atoms in total. The third kappa shape index (κ3) is 2.13. The van der Waals surface area contributed by atoms with E-state index in [1.807, 2.05) is 7.11 Å². The van der Waals surface area contributed by atoms with Gasteiger partial charge in [0.25, 0.3) is 0 Å². The highest BCUT2D eigenvalue weighted by Crippen LogP contribution is 2.42. The van der Waals surface area contributed by atoms with E-state index in [4.69, 9.17) is 4.74 Å². The lowest BCUT2D eigenvalue weighted by Gasteiger charge is -2.52. The standard InChI is InChI=1S/C14H26N2O/c1-10-8-15-14(2,11-4-5-11)9-16(10)12-6-13(7-12)17-3/h10-13,15H,4-9H2,1-3H3. The Hall–Kier alpha value is -0.120. The molecule has 0 aromatic carbocycles. The van der Waals surface area contributed by atoms with E-state index >= 15 is 0 Å². The molecule has 3 fully saturated rings. The minimum Gasteiger partial charge on any atom is -0.381 e. The Morgan fingerprint density at radius 3 is 2.59 bits per heavy atom. The molecular weight excluding hydrogens is 212 g/mol. The van der Waals surface area contributed by atoms with Crippen LogP contribution in [0.15, 0.2) is 0 Å². The summed E-state index contributed by atoms with van der Waals surface area (Å²) in [7, 11) is 1.84. The number of ether oxygens (including phenoxy) is 1. The number of hydrogen-bond acceptors (Lipinski definition) is 3. The van der Waals surface area contributed by atoms with Gasteiger partial charge in [0.2, 0.25) is 0 Å². The number of rotatable bonds is 3. The molecule has 1 aliphatic heterocycles. The summed E-state index contributed by atoms with van der Waals surface area (Å²) in [5, 5.41) is 3.79. The van der Waals surface area contributed by atoms with Crippen LogP contribution in [0, 0.1) is 5.92 Å². The number of hydrogen-bond donors (Lipinski definition) is 1. The van der Waals surface area contributed by atoms with Crippen LogP contribution in [0.5, 0.6) is 0 Å². The van der Waals surface area contributed by atoms with Crippen LogP contribution < -0.4 is 5.32 Å². The average Bonchev–Trinajstić information content (AvgIpc) is 3.06. The topological polar surface area (TPSA) is 24.5 Å². The van der Waals surface area contributed by atoms with Crippen LogP contribution in [0.25, 0.3) is 0 Å². The number of methoxy groups -OCH3 is 1. The number of nitrogens with one attached hydrogen (secondary N) is 1. The molecular formula is C14H26N2O. The molecule has 2 atom stereocenters. The Kier molecular flexibility index (Phi) is 2.96. The Labute approximate surface area is 105 Å². The molecule has 17 heavy (non-hydrogen) atoms. The van der Waals surface area contributed by atoms with E-state index in [9.17, 15) is 0 Å². The molecule has 3 heteroatoms. The molecule has 2 aliphatic carbocycles. The second-order valence-corrected chi connectivity index (χ2v) is 6.58. The van der Waals surface area contributed by atoms with E-state index < -0.39 is 0 Å². The first-order valence-corrected chi connectivity index (χ1v) is 7.16. The maximum absolute atomic E-state index is 5.41. The van der Waals surface area contributed by atoms with Crippen LogP contribution in [0.3, 0.4) is 0 Å².